The maximum atomic E-state index is 10.4. The normalized spacial score (nSPS) is 11.6. The lowest BCUT2D eigenvalue weighted by Gasteiger charge is -1.96. The van der Waals surface area contributed by atoms with Gasteiger partial charge in [0.05, 0.1) is 6.21 Å². The highest BCUT2D eigenvalue weighted by Crippen LogP contribution is 2.05. The summed E-state index contributed by atoms with van der Waals surface area (Å²) in [6.07, 6.45) is 7.57. The lowest BCUT2D eigenvalue weighted by atomic mass is 10.1. The summed E-state index contributed by atoms with van der Waals surface area (Å²) in [6.45, 7) is 7.52. The average molecular weight is 209 g/mol. The molecule has 15 heavy (non-hydrogen) atoms. The molecule has 0 aliphatic heterocycles. The van der Waals surface area contributed by atoms with Crippen molar-refractivity contribution in [3.63, 3.8) is 0 Å². The topological polar surface area (TPSA) is 38.7 Å². The van der Waals surface area contributed by atoms with Gasteiger partial charge in [-0.2, -0.15) is 0 Å². The minimum Gasteiger partial charge on any atom is -0.319 e. The molecule has 0 saturated heterocycles. The van der Waals surface area contributed by atoms with E-state index in [4.69, 9.17) is 0 Å². The molecule has 0 aliphatic carbocycles. The van der Waals surface area contributed by atoms with Crippen LogP contribution in [-0.2, 0) is 9.63 Å². The number of carbonyl (C=O) groups excluding carboxylic acids is 1. The zero-order valence-corrected chi connectivity index (χ0v) is 9.91. The number of oxime groups is 1. The Balaban J connectivity index is 3.84. The summed E-state index contributed by atoms with van der Waals surface area (Å²) in [5.41, 5.74) is 2.54. The van der Waals surface area contributed by atoms with Crippen molar-refractivity contribution >= 4 is 12.2 Å². The Bertz CT molecular complexity index is 284. The minimum atomic E-state index is -0.401. The van der Waals surface area contributed by atoms with Crippen molar-refractivity contribution in [2.24, 2.45) is 5.16 Å². The lowest BCUT2D eigenvalue weighted by Crippen LogP contribution is -1.90. The molecule has 0 aromatic carbocycles. The smallest absolute Gasteiger partial charge is 0.319 e. The molecule has 0 N–H and O–H groups in total. The molecule has 0 radical (unpaired) electrons. The molecule has 0 saturated carbocycles. The molecule has 0 aromatic heterocycles. The molecular formula is C12H19NO2. The number of allylic oxidation sites excluding steroid dienone is 4. The number of hydrogen-bond donors (Lipinski definition) is 0. The SMILES string of the molecule is CC(=O)ON=CC=C(C)CCC=C(C)C. The van der Waals surface area contributed by atoms with Crippen LogP contribution < -0.4 is 0 Å². The van der Waals surface area contributed by atoms with Gasteiger partial charge in [0, 0.05) is 6.92 Å². The first-order valence-electron chi connectivity index (χ1n) is 5.02. The first kappa shape index (κ1) is 13.6. The Labute approximate surface area is 91.5 Å². The van der Waals surface area contributed by atoms with Gasteiger partial charge in [0.1, 0.15) is 0 Å². The van der Waals surface area contributed by atoms with Crippen LogP contribution in [0.2, 0.25) is 0 Å². The molecule has 0 atom stereocenters. The van der Waals surface area contributed by atoms with Crippen LogP contribution in [0, 0.1) is 0 Å². The molecule has 0 unspecified atom stereocenters. The molecule has 0 fully saturated rings. The molecule has 0 bridgehead atoms. The summed E-state index contributed by atoms with van der Waals surface area (Å²) in [7, 11) is 0. The summed E-state index contributed by atoms with van der Waals surface area (Å²) in [5, 5.41) is 3.49. The van der Waals surface area contributed by atoms with Crippen LogP contribution in [0.25, 0.3) is 0 Å². The summed E-state index contributed by atoms with van der Waals surface area (Å²) < 4.78 is 0. The molecule has 3 heteroatoms. The van der Waals surface area contributed by atoms with Gasteiger partial charge in [0.2, 0.25) is 0 Å². The molecule has 0 amide bonds. The largest absolute Gasteiger partial charge is 0.331 e. The first-order valence-corrected chi connectivity index (χ1v) is 5.02. The van der Waals surface area contributed by atoms with Crippen molar-refractivity contribution in [3.8, 4) is 0 Å². The Morgan fingerprint density at radius 3 is 2.47 bits per heavy atom. The highest BCUT2D eigenvalue weighted by Gasteiger charge is 1.88. The fraction of sp³-hybridized carbons (Fsp3) is 0.500. The second kappa shape index (κ2) is 7.97. The Hall–Kier alpha value is -1.38. The van der Waals surface area contributed by atoms with Gasteiger partial charge in [-0.25, -0.2) is 4.79 Å². The predicted octanol–water partition coefficient (Wildman–Crippen LogP) is 3.23. The van der Waals surface area contributed by atoms with Gasteiger partial charge in [0.15, 0.2) is 0 Å². The number of rotatable bonds is 5. The van der Waals surface area contributed by atoms with E-state index in [9.17, 15) is 4.79 Å². The fourth-order valence-electron chi connectivity index (χ4n) is 0.934. The van der Waals surface area contributed by atoms with E-state index in [0.29, 0.717) is 0 Å². The Kier molecular flexibility index (Phi) is 7.24. The zero-order chi connectivity index (χ0) is 11.7. The lowest BCUT2D eigenvalue weighted by molar-refractivity contribution is -0.140. The quantitative estimate of drug-likeness (QED) is 0.302. The van der Waals surface area contributed by atoms with E-state index in [1.807, 2.05) is 13.0 Å². The van der Waals surface area contributed by atoms with E-state index < -0.39 is 5.97 Å². The van der Waals surface area contributed by atoms with Gasteiger partial charge in [-0.3, -0.25) is 0 Å². The van der Waals surface area contributed by atoms with Crippen molar-refractivity contribution in [3.05, 3.63) is 23.3 Å². The third-order valence-electron chi connectivity index (χ3n) is 1.69. The third-order valence-corrected chi connectivity index (χ3v) is 1.69. The Morgan fingerprint density at radius 1 is 1.27 bits per heavy atom. The van der Waals surface area contributed by atoms with Gasteiger partial charge in [-0.1, -0.05) is 22.4 Å². The molecule has 84 valence electrons. The van der Waals surface area contributed by atoms with E-state index in [-0.39, 0.29) is 0 Å². The molecule has 0 aromatic rings. The summed E-state index contributed by atoms with van der Waals surface area (Å²) >= 11 is 0. The molecule has 3 nitrogen and oxygen atoms in total. The van der Waals surface area contributed by atoms with Crippen LogP contribution in [-0.4, -0.2) is 12.2 Å². The van der Waals surface area contributed by atoms with E-state index in [2.05, 4.69) is 29.9 Å². The van der Waals surface area contributed by atoms with Crippen LogP contribution in [0.3, 0.4) is 0 Å². The number of carbonyl (C=O) groups is 1. The van der Waals surface area contributed by atoms with E-state index in [0.717, 1.165) is 12.8 Å². The van der Waals surface area contributed by atoms with Gasteiger partial charge in [-0.05, 0) is 39.7 Å². The standard InChI is InChI=1S/C12H19NO2/c1-10(2)6-5-7-11(3)8-9-13-15-12(4)14/h6,8-9H,5,7H2,1-4H3. The minimum absolute atomic E-state index is 0.401. The summed E-state index contributed by atoms with van der Waals surface area (Å²) in [5.74, 6) is -0.401. The van der Waals surface area contributed by atoms with E-state index in [1.54, 1.807) is 0 Å². The second-order valence-corrected chi connectivity index (χ2v) is 3.67. The maximum absolute atomic E-state index is 10.4. The van der Waals surface area contributed by atoms with Gasteiger partial charge in [-0.15, -0.1) is 0 Å². The summed E-state index contributed by atoms with van der Waals surface area (Å²) in [4.78, 5) is 14.8. The van der Waals surface area contributed by atoms with Crippen molar-refractivity contribution < 1.29 is 9.63 Å². The van der Waals surface area contributed by atoms with Crippen molar-refractivity contribution in [1.29, 1.82) is 0 Å². The first-order chi connectivity index (χ1) is 7.02. The van der Waals surface area contributed by atoms with E-state index in [1.165, 1.54) is 24.3 Å². The van der Waals surface area contributed by atoms with Crippen molar-refractivity contribution in [1.82, 2.24) is 0 Å². The van der Waals surface area contributed by atoms with Crippen LogP contribution in [0.15, 0.2) is 28.5 Å². The maximum Gasteiger partial charge on any atom is 0.331 e. The van der Waals surface area contributed by atoms with Gasteiger partial charge < -0.3 is 4.84 Å². The monoisotopic (exact) mass is 209 g/mol. The predicted molar refractivity (Wildman–Crippen MR) is 62.7 cm³/mol. The highest BCUT2D eigenvalue weighted by atomic mass is 16.7. The fourth-order valence-corrected chi connectivity index (χ4v) is 0.934. The van der Waals surface area contributed by atoms with Crippen molar-refractivity contribution in [2.45, 2.75) is 40.5 Å². The third kappa shape index (κ3) is 10.5. The highest BCUT2D eigenvalue weighted by molar-refractivity contribution is 5.73. The molecule has 0 spiro atoms. The molecule has 0 heterocycles. The van der Waals surface area contributed by atoms with Crippen molar-refractivity contribution in [2.75, 3.05) is 0 Å². The second-order valence-electron chi connectivity index (χ2n) is 3.67. The van der Waals surface area contributed by atoms with Crippen LogP contribution in [0.5, 0.6) is 0 Å². The average Bonchev–Trinajstić information content (AvgIpc) is 2.11. The molecule has 0 rings (SSSR count). The van der Waals surface area contributed by atoms with Crippen LogP contribution >= 0.6 is 0 Å². The van der Waals surface area contributed by atoms with E-state index >= 15 is 0 Å². The van der Waals surface area contributed by atoms with Gasteiger partial charge >= 0.3 is 5.97 Å². The number of hydrogen-bond acceptors (Lipinski definition) is 3. The molecule has 0 aliphatic rings. The Morgan fingerprint density at radius 2 is 1.93 bits per heavy atom. The summed E-state index contributed by atoms with van der Waals surface area (Å²) in [6, 6.07) is 0. The number of nitrogens with zero attached hydrogens (tertiary/aromatic N) is 1. The molecular weight excluding hydrogens is 190 g/mol. The van der Waals surface area contributed by atoms with Crippen LogP contribution in [0.4, 0.5) is 0 Å². The zero-order valence-electron chi connectivity index (χ0n) is 9.91. The van der Waals surface area contributed by atoms with Crippen LogP contribution in [0.1, 0.15) is 40.5 Å². The van der Waals surface area contributed by atoms with Gasteiger partial charge in [0.25, 0.3) is 0 Å².